The fourth-order valence-corrected chi connectivity index (χ4v) is 2.93. The summed E-state index contributed by atoms with van der Waals surface area (Å²) in [5, 5.41) is 19.1. The molecule has 1 aliphatic heterocycles. The van der Waals surface area contributed by atoms with Crippen LogP contribution in [0, 0.1) is 6.92 Å². The molecule has 1 aromatic carbocycles. The van der Waals surface area contributed by atoms with Crippen molar-refractivity contribution in [3.8, 4) is 11.3 Å². The molecule has 1 aliphatic rings. The van der Waals surface area contributed by atoms with Crippen molar-refractivity contribution in [1.29, 1.82) is 0 Å². The third kappa shape index (κ3) is 4.81. The number of aromatic nitrogens is 1. The Labute approximate surface area is 146 Å². The summed E-state index contributed by atoms with van der Waals surface area (Å²) < 4.78 is 2.46. The largest absolute Gasteiger partial charge is 0.478 e. The van der Waals surface area contributed by atoms with E-state index in [-0.39, 0.29) is 0 Å². The molecular weight excluding hydrogens is 320 g/mol. The molecule has 1 unspecified atom stereocenters. The van der Waals surface area contributed by atoms with Crippen LogP contribution in [0.2, 0.25) is 0 Å². The predicted octanol–water partition coefficient (Wildman–Crippen LogP) is 2.84. The number of rotatable bonds is 3. The highest BCUT2D eigenvalue weighted by molar-refractivity contribution is 5.89. The number of benzene rings is 1. The first-order valence-electron chi connectivity index (χ1n) is 8.03. The fourth-order valence-electron chi connectivity index (χ4n) is 2.93. The Balaban J connectivity index is 0.000000242. The van der Waals surface area contributed by atoms with Crippen molar-refractivity contribution < 1.29 is 19.8 Å². The van der Waals surface area contributed by atoms with Crippen LogP contribution in [0.15, 0.2) is 48.6 Å². The molecule has 0 fully saturated rings. The van der Waals surface area contributed by atoms with Crippen molar-refractivity contribution in [2.24, 2.45) is 0 Å². The zero-order valence-electron chi connectivity index (χ0n) is 14.3. The van der Waals surface area contributed by atoms with E-state index < -0.39 is 11.9 Å². The second-order valence-corrected chi connectivity index (χ2v) is 5.80. The molecule has 6 heteroatoms. The minimum absolute atomic E-state index is 0.458. The van der Waals surface area contributed by atoms with Gasteiger partial charge in [-0.1, -0.05) is 30.3 Å². The summed E-state index contributed by atoms with van der Waals surface area (Å²) in [6, 6.07) is 13.5. The van der Waals surface area contributed by atoms with E-state index in [1.54, 1.807) is 0 Å². The summed E-state index contributed by atoms with van der Waals surface area (Å²) in [6.45, 7) is 6.57. The zero-order valence-corrected chi connectivity index (χ0v) is 14.3. The van der Waals surface area contributed by atoms with E-state index in [9.17, 15) is 9.59 Å². The first kappa shape index (κ1) is 18.5. The highest BCUT2D eigenvalue weighted by atomic mass is 16.4. The highest BCUT2D eigenvalue weighted by Crippen LogP contribution is 2.31. The Morgan fingerprint density at radius 3 is 2.32 bits per heavy atom. The van der Waals surface area contributed by atoms with Crippen molar-refractivity contribution in [2.75, 3.05) is 6.54 Å². The van der Waals surface area contributed by atoms with Crippen molar-refractivity contribution >= 4 is 11.9 Å². The Hall–Kier alpha value is -2.86. The number of hydrogen-bond acceptors (Lipinski definition) is 3. The van der Waals surface area contributed by atoms with Gasteiger partial charge in [-0.2, -0.15) is 0 Å². The van der Waals surface area contributed by atoms with Crippen molar-refractivity contribution in [2.45, 2.75) is 26.4 Å². The molecule has 6 nitrogen and oxygen atoms in total. The normalized spacial score (nSPS) is 16.0. The number of aliphatic carboxylic acids is 2. The molecule has 2 aromatic rings. The maximum absolute atomic E-state index is 9.55. The first-order chi connectivity index (χ1) is 11.9. The molecule has 25 heavy (non-hydrogen) atoms. The second kappa shape index (κ2) is 8.30. The summed E-state index contributed by atoms with van der Waals surface area (Å²) >= 11 is 0. The molecular formula is C19H22N2O4. The number of carboxylic acid groups (broad SMARTS) is 2. The number of carbonyl (C=O) groups is 2. The standard InChI is InChI=1S/C15H18N2.C4H4O4/c1-11-10-14-12(2)16-8-9-17(14)15(11)13-6-4-3-5-7-13;5-3(6)1-2-4(7)8/h3-7,10,12,16H,8-9H2,1-2H3;1-2H,(H,5,6)(H,7,8). The van der Waals surface area contributed by atoms with E-state index in [0.717, 1.165) is 13.1 Å². The van der Waals surface area contributed by atoms with Gasteiger partial charge >= 0.3 is 11.9 Å². The third-order valence-electron chi connectivity index (χ3n) is 3.96. The molecule has 3 rings (SSSR count). The lowest BCUT2D eigenvalue weighted by atomic mass is 10.1. The van der Waals surface area contributed by atoms with E-state index >= 15 is 0 Å². The molecule has 0 radical (unpaired) electrons. The molecule has 0 aliphatic carbocycles. The van der Waals surface area contributed by atoms with Gasteiger partial charge < -0.3 is 20.1 Å². The quantitative estimate of drug-likeness (QED) is 0.746. The van der Waals surface area contributed by atoms with Crippen molar-refractivity contribution in [3.05, 3.63) is 59.8 Å². The summed E-state index contributed by atoms with van der Waals surface area (Å²) in [6.07, 6.45) is 1.12. The lowest BCUT2D eigenvalue weighted by Gasteiger charge is -2.25. The predicted molar refractivity (Wildman–Crippen MR) is 95.4 cm³/mol. The van der Waals surface area contributed by atoms with E-state index in [1.165, 1.54) is 22.5 Å². The van der Waals surface area contributed by atoms with Crippen LogP contribution in [0.25, 0.3) is 11.3 Å². The topological polar surface area (TPSA) is 91.6 Å². The molecule has 1 aromatic heterocycles. The van der Waals surface area contributed by atoms with Gasteiger partial charge in [0.15, 0.2) is 0 Å². The Kier molecular flexibility index (Phi) is 6.14. The molecule has 0 amide bonds. The van der Waals surface area contributed by atoms with E-state index in [0.29, 0.717) is 18.2 Å². The number of nitrogens with zero attached hydrogens (tertiary/aromatic N) is 1. The summed E-state index contributed by atoms with van der Waals surface area (Å²) in [5.74, 6) is -2.51. The van der Waals surface area contributed by atoms with Gasteiger partial charge in [0.25, 0.3) is 0 Å². The third-order valence-corrected chi connectivity index (χ3v) is 3.96. The van der Waals surface area contributed by atoms with Gasteiger partial charge in [0.1, 0.15) is 0 Å². The molecule has 2 heterocycles. The Bertz CT molecular complexity index is 762. The fraction of sp³-hybridized carbons (Fsp3) is 0.263. The van der Waals surface area contributed by atoms with Crippen LogP contribution >= 0.6 is 0 Å². The zero-order chi connectivity index (χ0) is 18.4. The van der Waals surface area contributed by atoms with Gasteiger partial charge in [0, 0.05) is 37.0 Å². The van der Waals surface area contributed by atoms with Crippen LogP contribution in [-0.2, 0) is 16.1 Å². The average molecular weight is 342 g/mol. The number of carboxylic acids is 2. The molecule has 0 saturated carbocycles. The van der Waals surface area contributed by atoms with Crippen LogP contribution in [0.5, 0.6) is 0 Å². The van der Waals surface area contributed by atoms with Crippen molar-refractivity contribution in [3.63, 3.8) is 0 Å². The summed E-state index contributed by atoms with van der Waals surface area (Å²) in [4.78, 5) is 19.1. The van der Waals surface area contributed by atoms with Gasteiger partial charge in [-0.05, 0) is 31.0 Å². The van der Waals surface area contributed by atoms with Gasteiger partial charge in [-0.15, -0.1) is 0 Å². The average Bonchev–Trinajstić information content (AvgIpc) is 2.92. The second-order valence-electron chi connectivity index (χ2n) is 5.80. The van der Waals surface area contributed by atoms with Gasteiger partial charge in [0.2, 0.25) is 0 Å². The van der Waals surface area contributed by atoms with Crippen LogP contribution in [0.4, 0.5) is 0 Å². The molecule has 3 N–H and O–H groups in total. The van der Waals surface area contributed by atoms with Gasteiger partial charge in [-0.3, -0.25) is 0 Å². The lowest BCUT2D eigenvalue weighted by molar-refractivity contribution is -0.134. The summed E-state index contributed by atoms with van der Waals surface area (Å²) in [7, 11) is 0. The monoisotopic (exact) mass is 342 g/mol. The summed E-state index contributed by atoms with van der Waals surface area (Å²) in [5.41, 5.74) is 5.49. The minimum Gasteiger partial charge on any atom is -0.478 e. The maximum atomic E-state index is 9.55. The SMILES string of the molecule is Cc1cc2n(c1-c1ccccc1)CCNC2C.O=C(O)C=CC(=O)O. The maximum Gasteiger partial charge on any atom is 0.328 e. The number of hydrogen-bond donors (Lipinski definition) is 3. The molecule has 1 atom stereocenters. The smallest absolute Gasteiger partial charge is 0.328 e. The highest BCUT2D eigenvalue weighted by Gasteiger charge is 2.20. The van der Waals surface area contributed by atoms with Crippen LogP contribution in [-0.4, -0.2) is 33.3 Å². The van der Waals surface area contributed by atoms with E-state index in [2.05, 4.69) is 60.1 Å². The molecule has 0 spiro atoms. The lowest BCUT2D eigenvalue weighted by Crippen LogP contribution is -2.31. The van der Waals surface area contributed by atoms with Gasteiger partial charge in [0.05, 0.1) is 5.69 Å². The number of fused-ring (bicyclic) bond motifs is 1. The first-order valence-corrected chi connectivity index (χ1v) is 8.03. The molecule has 0 saturated heterocycles. The van der Waals surface area contributed by atoms with E-state index in [4.69, 9.17) is 10.2 Å². The number of aryl methyl sites for hydroxylation is 1. The van der Waals surface area contributed by atoms with E-state index in [1.807, 2.05) is 0 Å². The Morgan fingerprint density at radius 2 is 1.76 bits per heavy atom. The molecule has 132 valence electrons. The molecule has 0 bridgehead atoms. The Morgan fingerprint density at radius 1 is 1.16 bits per heavy atom. The van der Waals surface area contributed by atoms with Gasteiger partial charge in [-0.25, -0.2) is 9.59 Å². The van der Waals surface area contributed by atoms with Crippen LogP contribution in [0.1, 0.15) is 24.2 Å². The number of nitrogens with one attached hydrogen (secondary N) is 1. The van der Waals surface area contributed by atoms with Crippen LogP contribution < -0.4 is 5.32 Å². The van der Waals surface area contributed by atoms with Crippen molar-refractivity contribution in [1.82, 2.24) is 9.88 Å². The minimum atomic E-state index is -1.26. The van der Waals surface area contributed by atoms with Crippen LogP contribution in [0.3, 0.4) is 0 Å².